The maximum atomic E-state index is 6.04. The van der Waals surface area contributed by atoms with E-state index in [1.807, 2.05) is 37.0 Å². The molecule has 1 atom stereocenters. The summed E-state index contributed by atoms with van der Waals surface area (Å²) >= 11 is 7.74. The molecule has 0 bridgehead atoms. The van der Waals surface area contributed by atoms with Crippen molar-refractivity contribution in [2.24, 2.45) is 0 Å². The van der Waals surface area contributed by atoms with Crippen LogP contribution in [0.4, 0.5) is 0 Å². The lowest BCUT2D eigenvalue weighted by atomic mass is 9.95. The molecular formula is C13H15ClN2S. The van der Waals surface area contributed by atoms with Gasteiger partial charge in [-0.15, -0.1) is 11.3 Å². The highest BCUT2D eigenvalue weighted by Crippen LogP contribution is 2.24. The van der Waals surface area contributed by atoms with Crippen molar-refractivity contribution in [3.63, 3.8) is 0 Å². The van der Waals surface area contributed by atoms with Gasteiger partial charge in [0.05, 0.1) is 5.51 Å². The van der Waals surface area contributed by atoms with E-state index in [4.69, 9.17) is 11.6 Å². The van der Waals surface area contributed by atoms with Crippen LogP contribution in [-0.4, -0.2) is 18.6 Å². The number of halogens is 1. The maximum absolute atomic E-state index is 6.04. The van der Waals surface area contributed by atoms with Crippen LogP contribution in [0.3, 0.4) is 0 Å². The average molecular weight is 267 g/mol. The van der Waals surface area contributed by atoms with Gasteiger partial charge in [0.2, 0.25) is 0 Å². The molecule has 2 rings (SSSR count). The van der Waals surface area contributed by atoms with Gasteiger partial charge in [-0.2, -0.15) is 0 Å². The molecule has 0 saturated heterocycles. The Hall–Kier alpha value is -0.900. The SMILES string of the molecule is CNCC(Cc1cncs1)c1cccc(Cl)c1. The number of hydrogen-bond acceptors (Lipinski definition) is 3. The molecule has 2 aromatic rings. The van der Waals surface area contributed by atoms with E-state index in [1.165, 1.54) is 10.4 Å². The van der Waals surface area contributed by atoms with Crippen molar-refractivity contribution < 1.29 is 0 Å². The van der Waals surface area contributed by atoms with Gasteiger partial charge in [-0.25, -0.2) is 0 Å². The van der Waals surface area contributed by atoms with Crippen LogP contribution in [-0.2, 0) is 6.42 Å². The number of thiazole rings is 1. The number of likely N-dealkylation sites (N-methyl/N-ethyl adjacent to an activating group) is 1. The summed E-state index contributed by atoms with van der Waals surface area (Å²) in [5.41, 5.74) is 3.16. The summed E-state index contributed by atoms with van der Waals surface area (Å²) in [5.74, 6) is 0.444. The Balaban J connectivity index is 2.16. The average Bonchev–Trinajstić information content (AvgIpc) is 2.81. The van der Waals surface area contributed by atoms with E-state index in [9.17, 15) is 0 Å². The van der Waals surface area contributed by atoms with Crippen molar-refractivity contribution >= 4 is 22.9 Å². The third-order valence-electron chi connectivity index (χ3n) is 2.70. The smallest absolute Gasteiger partial charge is 0.0794 e. The minimum Gasteiger partial charge on any atom is -0.319 e. The molecule has 0 aliphatic carbocycles. The van der Waals surface area contributed by atoms with Crippen molar-refractivity contribution in [3.05, 3.63) is 51.4 Å². The second-order valence-corrected chi connectivity index (χ2v) is 5.39. The first-order chi connectivity index (χ1) is 8.29. The van der Waals surface area contributed by atoms with Gasteiger partial charge in [0.15, 0.2) is 0 Å². The second kappa shape index (κ2) is 6.15. The number of nitrogens with one attached hydrogen (secondary N) is 1. The molecule has 0 fully saturated rings. The Kier molecular flexibility index (Phi) is 4.54. The van der Waals surface area contributed by atoms with Gasteiger partial charge < -0.3 is 5.32 Å². The van der Waals surface area contributed by atoms with Crippen molar-refractivity contribution in [1.29, 1.82) is 0 Å². The zero-order valence-electron chi connectivity index (χ0n) is 9.69. The van der Waals surface area contributed by atoms with Crippen molar-refractivity contribution in [2.45, 2.75) is 12.3 Å². The summed E-state index contributed by atoms with van der Waals surface area (Å²) in [7, 11) is 1.98. The number of rotatable bonds is 5. The maximum Gasteiger partial charge on any atom is 0.0794 e. The molecule has 0 amide bonds. The molecular weight excluding hydrogens is 252 g/mol. The minimum atomic E-state index is 0.444. The summed E-state index contributed by atoms with van der Waals surface area (Å²) < 4.78 is 0. The molecule has 1 aromatic heterocycles. The molecule has 0 aliphatic rings. The topological polar surface area (TPSA) is 24.9 Å². The fraction of sp³-hybridized carbons (Fsp3) is 0.308. The van der Waals surface area contributed by atoms with E-state index in [-0.39, 0.29) is 0 Å². The van der Waals surface area contributed by atoms with Crippen LogP contribution in [0, 0.1) is 0 Å². The largest absolute Gasteiger partial charge is 0.319 e. The summed E-state index contributed by atoms with van der Waals surface area (Å²) in [5, 5.41) is 4.04. The molecule has 4 heteroatoms. The summed E-state index contributed by atoms with van der Waals surface area (Å²) in [4.78, 5) is 5.43. The lowest BCUT2D eigenvalue weighted by molar-refractivity contribution is 0.629. The van der Waals surface area contributed by atoms with Gasteiger partial charge in [-0.05, 0) is 31.2 Å². The number of benzene rings is 1. The Labute approximate surface area is 111 Å². The van der Waals surface area contributed by atoms with Gasteiger partial charge in [0.1, 0.15) is 0 Å². The molecule has 1 N–H and O–H groups in total. The summed E-state index contributed by atoms with van der Waals surface area (Å²) in [6.07, 6.45) is 2.95. The Morgan fingerprint density at radius 1 is 1.47 bits per heavy atom. The number of aromatic nitrogens is 1. The molecule has 1 heterocycles. The lowest BCUT2D eigenvalue weighted by Crippen LogP contribution is -2.18. The number of nitrogens with zero attached hydrogens (tertiary/aromatic N) is 1. The van der Waals surface area contributed by atoms with Gasteiger partial charge >= 0.3 is 0 Å². The monoisotopic (exact) mass is 266 g/mol. The van der Waals surface area contributed by atoms with Gasteiger partial charge in [-0.1, -0.05) is 23.7 Å². The molecule has 90 valence electrons. The van der Waals surface area contributed by atoms with E-state index in [0.29, 0.717) is 5.92 Å². The van der Waals surface area contributed by atoms with Gasteiger partial charge in [0.25, 0.3) is 0 Å². The summed E-state index contributed by atoms with van der Waals surface area (Å²) in [6.45, 7) is 0.943. The Morgan fingerprint density at radius 2 is 2.35 bits per heavy atom. The van der Waals surface area contributed by atoms with Crippen LogP contribution in [0.25, 0.3) is 0 Å². The Bertz CT molecular complexity index is 456. The van der Waals surface area contributed by atoms with Gasteiger partial charge in [0, 0.05) is 28.6 Å². The van der Waals surface area contributed by atoms with E-state index < -0.39 is 0 Å². The van der Waals surface area contributed by atoms with E-state index in [1.54, 1.807) is 11.3 Å². The molecule has 0 aliphatic heterocycles. The van der Waals surface area contributed by atoms with Crippen LogP contribution in [0.2, 0.25) is 5.02 Å². The van der Waals surface area contributed by atoms with Crippen LogP contribution in [0.5, 0.6) is 0 Å². The van der Waals surface area contributed by atoms with Crippen molar-refractivity contribution in [1.82, 2.24) is 10.3 Å². The summed E-state index contributed by atoms with van der Waals surface area (Å²) in [6, 6.07) is 8.10. The highest BCUT2D eigenvalue weighted by Gasteiger charge is 2.12. The number of hydrogen-bond donors (Lipinski definition) is 1. The lowest BCUT2D eigenvalue weighted by Gasteiger charge is -2.16. The van der Waals surface area contributed by atoms with Gasteiger partial charge in [-0.3, -0.25) is 4.98 Å². The molecule has 0 radical (unpaired) electrons. The van der Waals surface area contributed by atoms with Crippen LogP contribution >= 0.6 is 22.9 Å². The van der Waals surface area contributed by atoms with Crippen LogP contribution < -0.4 is 5.32 Å². The molecule has 17 heavy (non-hydrogen) atoms. The highest BCUT2D eigenvalue weighted by molar-refractivity contribution is 7.09. The van der Waals surface area contributed by atoms with Crippen molar-refractivity contribution in [2.75, 3.05) is 13.6 Å². The molecule has 1 aromatic carbocycles. The van der Waals surface area contributed by atoms with E-state index in [2.05, 4.69) is 16.4 Å². The Morgan fingerprint density at radius 3 is 3.00 bits per heavy atom. The molecule has 0 spiro atoms. The normalized spacial score (nSPS) is 12.6. The van der Waals surface area contributed by atoms with Crippen LogP contribution in [0.15, 0.2) is 36.0 Å². The van der Waals surface area contributed by atoms with E-state index in [0.717, 1.165) is 18.0 Å². The third kappa shape index (κ3) is 3.53. The first-order valence-corrected chi connectivity index (χ1v) is 6.83. The van der Waals surface area contributed by atoms with E-state index >= 15 is 0 Å². The fourth-order valence-corrected chi connectivity index (χ4v) is 2.78. The zero-order valence-corrected chi connectivity index (χ0v) is 11.3. The first kappa shape index (κ1) is 12.6. The zero-order chi connectivity index (χ0) is 12.1. The second-order valence-electron chi connectivity index (χ2n) is 3.98. The predicted octanol–water partition coefficient (Wildman–Crippen LogP) is 3.34. The third-order valence-corrected chi connectivity index (χ3v) is 3.74. The first-order valence-electron chi connectivity index (χ1n) is 5.57. The standard InChI is InChI=1S/C13H15ClN2S/c1-15-7-11(6-13-8-16-9-17-13)10-3-2-4-12(14)5-10/h2-5,8-9,11,15H,6-7H2,1H3. The minimum absolute atomic E-state index is 0.444. The predicted molar refractivity (Wildman–Crippen MR) is 73.9 cm³/mol. The highest BCUT2D eigenvalue weighted by atomic mass is 35.5. The quantitative estimate of drug-likeness (QED) is 0.898. The molecule has 1 unspecified atom stereocenters. The van der Waals surface area contributed by atoms with Crippen LogP contribution in [0.1, 0.15) is 16.4 Å². The van der Waals surface area contributed by atoms with Crippen molar-refractivity contribution in [3.8, 4) is 0 Å². The molecule has 0 saturated carbocycles. The molecule has 2 nitrogen and oxygen atoms in total. The fourth-order valence-electron chi connectivity index (χ4n) is 1.90.